The summed E-state index contributed by atoms with van der Waals surface area (Å²) in [6.45, 7) is 1.73. The molecule has 0 saturated heterocycles. The van der Waals surface area contributed by atoms with Gasteiger partial charge in [0.2, 0.25) is 0 Å². The van der Waals surface area contributed by atoms with E-state index in [0.29, 0.717) is 6.42 Å². The van der Waals surface area contributed by atoms with Crippen LogP contribution in [0.1, 0.15) is 24.8 Å². The van der Waals surface area contributed by atoms with Crippen molar-refractivity contribution in [2.45, 2.75) is 19.3 Å². The fourth-order valence-electron chi connectivity index (χ4n) is 1.78. The van der Waals surface area contributed by atoms with E-state index < -0.39 is 11.4 Å². The zero-order valence-corrected chi connectivity index (χ0v) is 7.83. The van der Waals surface area contributed by atoms with Gasteiger partial charge in [-0.15, -0.1) is 0 Å². The van der Waals surface area contributed by atoms with E-state index in [1.807, 2.05) is 0 Å². The van der Waals surface area contributed by atoms with E-state index in [9.17, 15) is 9.18 Å². The smallest absolute Gasteiger partial charge is 0.309 e. The summed E-state index contributed by atoms with van der Waals surface area (Å²) < 4.78 is 12.6. The number of carboxylic acids is 1. The number of hydrogen-bond donors (Lipinski definition) is 1. The third-order valence-electron chi connectivity index (χ3n) is 3.00. The lowest BCUT2D eigenvalue weighted by atomic mass is 10.0. The van der Waals surface area contributed by atoms with Gasteiger partial charge in [0.05, 0.1) is 5.41 Å². The summed E-state index contributed by atoms with van der Waals surface area (Å²) >= 11 is 0. The summed E-state index contributed by atoms with van der Waals surface area (Å²) in [6, 6.07) is 6.06. The molecule has 0 spiro atoms. The van der Waals surface area contributed by atoms with Crippen molar-refractivity contribution >= 4 is 5.97 Å². The maximum Gasteiger partial charge on any atom is 0.309 e. The molecule has 1 aromatic carbocycles. The zero-order valence-electron chi connectivity index (χ0n) is 7.83. The van der Waals surface area contributed by atoms with Gasteiger partial charge in [0.25, 0.3) is 0 Å². The second-order valence-electron chi connectivity index (χ2n) is 4.03. The molecule has 1 saturated carbocycles. The van der Waals surface area contributed by atoms with Gasteiger partial charge in [-0.25, -0.2) is 4.39 Å². The summed E-state index contributed by atoms with van der Waals surface area (Å²) in [7, 11) is 0. The van der Waals surface area contributed by atoms with Gasteiger partial charge in [-0.3, -0.25) is 4.79 Å². The average molecular weight is 194 g/mol. The first-order valence-corrected chi connectivity index (χ1v) is 4.53. The van der Waals surface area contributed by atoms with Gasteiger partial charge in [0, 0.05) is 5.92 Å². The highest BCUT2D eigenvalue weighted by atomic mass is 19.1. The van der Waals surface area contributed by atoms with Gasteiger partial charge < -0.3 is 5.11 Å². The average Bonchev–Trinajstić information content (AvgIpc) is 2.81. The molecule has 3 heteroatoms. The molecule has 74 valence electrons. The number of hydrogen-bond acceptors (Lipinski definition) is 1. The number of carbonyl (C=O) groups is 1. The van der Waals surface area contributed by atoms with Gasteiger partial charge in [0.1, 0.15) is 5.82 Å². The molecule has 0 unspecified atom stereocenters. The Kier molecular flexibility index (Phi) is 1.84. The van der Waals surface area contributed by atoms with Crippen molar-refractivity contribution in [1.82, 2.24) is 0 Å². The lowest BCUT2D eigenvalue weighted by molar-refractivity contribution is -0.142. The molecule has 0 heterocycles. The Balaban J connectivity index is 2.21. The largest absolute Gasteiger partial charge is 0.481 e. The molecular weight excluding hydrogens is 183 g/mol. The van der Waals surface area contributed by atoms with E-state index in [2.05, 4.69) is 0 Å². The standard InChI is InChI=1S/C11H11FO2/c1-11(10(13)14)6-9(11)7-2-4-8(12)5-3-7/h2-5,9H,6H2,1H3,(H,13,14)/t9-,11+/m0/s1. The topological polar surface area (TPSA) is 37.3 Å². The Bertz CT molecular complexity index is 371. The van der Waals surface area contributed by atoms with Crippen LogP contribution in [0.15, 0.2) is 24.3 Å². The lowest BCUT2D eigenvalue weighted by Crippen LogP contribution is -2.12. The molecule has 14 heavy (non-hydrogen) atoms. The van der Waals surface area contributed by atoms with Crippen molar-refractivity contribution in [2.24, 2.45) is 5.41 Å². The summed E-state index contributed by atoms with van der Waals surface area (Å²) in [4.78, 5) is 10.9. The Hall–Kier alpha value is -1.38. The third-order valence-corrected chi connectivity index (χ3v) is 3.00. The number of benzene rings is 1. The molecule has 0 aromatic heterocycles. The van der Waals surface area contributed by atoms with E-state index >= 15 is 0 Å². The second kappa shape index (κ2) is 2.80. The highest BCUT2D eigenvalue weighted by molar-refractivity contribution is 5.79. The fourth-order valence-corrected chi connectivity index (χ4v) is 1.78. The third kappa shape index (κ3) is 1.29. The number of aliphatic carboxylic acids is 1. The molecule has 1 aliphatic rings. The predicted molar refractivity (Wildman–Crippen MR) is 49.5 cm³/mol. The summed E-state index contributed by atoms with van der Waals surface area (Å²) in [6.07, 6.45) is 0.647. The van der Waals surface area contributed by atoms with Crippen LogP contribution in [0.3, 0.4) is 0 Å². The predicted octanol–water partition coefficient (Wildman–Crippen LogP) is 2.40. The zero-order chi connectivity index (χ0) is 10.3. The van der Waals surface area contributed by atoms with Crippen molar-refractivity contribution < 1.29 is 14.3 Å². The first-order chi connectivity index (χ1) is 6.54. The lowest BCUT2D eigenvalue weighted by Gasteiger charge is -2.04. The van der Waals surface area contributed by atoms with Crippen LogP contribution in [0.2, 0.25) is 0 Å². The van der Waals surface area contributed by atoms with Crippen molar-refractivity contribution in [3.63, 3.8) is 0 Å². The molecule has 1 aromatic rings. The molecule has 0 bridgehead atoms. The molecular formula is C11H11FO2. The van der Waals surface area contributed by atoms with Crippen molar-refractivity contribution in [3.8, 4) is 0 Å². The van der Waals surface area contributed by atoms with Crippen LogP contribution >= 0.6 is 0 Å². The minimum absolute atomic E-state index is 0.0422. The van der Waals surface area contributed by atoms with E-state index in [0.717, 1.165) is 5.56 Å². The van der Waals surface area contributed by atoms with Crippen LogP contribution < -0.4 is 0 Å². The van der Waals surface area contributed by atoms with Crippen molar-refractivity contribution in [2.75, 3.05) is 0 Å². The van der Waals surface area contributed by atoms with Gasteiger partial charge in [-0.05, 0) is 31.0 Å². The van der Waals surface area contributed by atoms with Crippen molar-refractivity contribution in [1.29, 1.82) is 0 Å². The first kappa shape index (κ1) is 9.19. The molecule has 1 N–H and O–H groups in total. The maximum absolute atomic E-state index is 12.6. The molecule has 0 aliphatic heterocycles. The Labute approximate surface area is 81.4 Å². The monoisotopic (exact) mass is 194 g/mol. The van der Waals surface area contributed by atoms with Crippen LogP contribution in [0.25, 0.3) is 0 Å². The Morgan fingerprint density at radius 1 is 1.50 bits per heavy atom. The highest BCUT2D eigenvalue weighted by Gasteiger charge is 2.56. The van der Waals surface area contributed by atoms with Crippen molar-refractivity contribution in [3.05, 3.63) is 35.6 Å². The summed E-state index contributed by atoms with van der Waals surface area (Å²) in [5.41, 5.74) is 0.272. The van der Waals surface area contributed by atoms with Gasteiger partial charge in [-0.2, -0.15) is 0 Å². The Morgan fingerprint density at radius 3 is 2.50 bits per heavy atom. The molecule has 2 nitrogen and oxygen atoms in total. The van der Waals surface area contributed by atoms with Gasteiger partial charge >= 0.3 is 5.97 Å². The summed E-state index contributed by atoms with van der Waals surface area (Å²) in [5.74, 6) is -1.01. The van der Waals surface area contributed by atoms with Crippen LogP contribution in [0, 0.1) is 11.2 Å². The van der Waals surface area contributed by atoms with Crippen LogP contribution in [0.4, 0.5) is 4.39 Å². The van der Waals surface area contributed by atoms with E-state index in [4.69, 9.17) is 5.11 Å². The number of carboxylic acid groups (broad SMARTS) is 1. The minimum Gasteiger partial charge on any atom is -0.481 e. The molecule has 1 aliphatic carbocycles. The number of rotatable bonds is 2. The molecule has 0 amide bonds. The fraction of sp³-hybridized carbons (Fsp3) is 0.364. The molecule has 2 atom stereocenters. The van der Waals surface area contributed by atoms with Crippen LogP contribution in [-0.2, 0) is 4.79 Å². The Morgan fingerprint density at radius 2 is 2.07 bits per heavy atom. The van der Waals surface area contributed by atoms with E-state index in [1.54, 1.807) is 19.1 Å². The van der Waals surface area contributed by atoms with E-state index in [-0.39, 0.29) is 11.7 Å². The van der Waals surface area contributed by atoms with Crippen LogP contribution in [0.5, 0.6) is 0 Å². The highest BCUT2D eigenvalue weighted by Crippen LogP contribution is 2.59. The van der Waals surface area contributed by atoms with Gasteiger partial charge in [-0.1, -0.05) is 12.1 Å². The SMILES string of the molecule is C[C@@]1(C(=O)O)C[C@H]1c1ccc(F)cc1. The molecule has 2 rings (SSSR count). The second-order valence-corrected chi connectivity index (χ2v) is 4.03. The number of halogens is 1. The van der Waals surface area contributed by atoms with Gasteiger partial charge in [0.15, 0.2) is 0 Å². The molecule has 1 fully saturated rings. The minimum atomic E-state index is -0.771. The van der Waals surface area contributed by atoms with Crippen LogP contribution in [-0.4, -0.2) is 11.1 Å². The maximum atomic E-state index is 12.6. The normalized spacial score (nSPS) is 30.0. The molecule has 0 radical (unpaired) electrons. The summed E-state index contributed by atoms with van der Waals surface area (Å²) in [5, 5.41) is 8.92. The van der Waals surface area contributed by atoms with E-state index in [1.165, 1.54) is 12.1 Å². The first-order valence-electron chi connectivity index (χ1n) is 4.53. The quantitative estimate of drug-likeness (QED) is 0.784.